The topological polar surface area (TPSA) is 76.1 Å². The van der Waals surface area contributed by atoms with E-state index in [1.54, 1.807) is 0 Å². The van der Waals surface area contributed by atoms with Crippen LogP contribution >= 0.6 is 0 Å². The Bertz CT molecular complexity index is 250. The lowest BCUT2D eigenvalue weighted by Crippen LogP contribution is -2.36. The molecule has 6 heteroatoms. The number of hydrogen-bond donors (Lipinski definition) is 1. The first kappa shape index (κ1) is 12.9. The molecule has 0 aromatic rings. The first-order chi connectivity index (χ1) is 7.59. The average molecular weight is 231 g/mol. The van der Waals surface area contributed by atoms with Gasteiger partial charge in [-0.2, -0.15) is 0 Å². The van der Waals surface area contributed by atoms with Gasteiger partial charge in [-0.15, -0.1) is 0 Å². The van der Waals surface area contributed by atoms with Gasteiger partial charge in [-0.25, -0.2) is 0 Å². The highest BCUT2D eigenvalue weighted by Gasteiger charge is 2.17. The van der Waals surface area contributed by atoms with Crippen LogP contribution in [0.5, 0.6) is 0 Å². The van der Waals surface area contributed by atoms with E-state index in [0.29, 0.717) is 13.2 Å². The van der Waals surface area contributed by atoms with Gasteiger partial charge in [0.05, 0.1) is 6.10 Å². The van der Waals surface area contributed by atoms with Gasteiger partial charge in [0.15, 0.2) is 0 Å². The van der Waals surface area contributed by atoms with E-state index in [-0.39, 0.29) is 25.2 Å². The summed E-state index contributed by atoms with van der Waals surface area (Å²) in [4.78, 5) is 22.9. The Morgan fingerprint density at radius 1 is 1.44 bits per heavy atom. The molecule has 1 fully saturated rings. The van der Waals surface area contributed by atoms with Crippen molar-refractivity contribution in [1.82, 2.24) is 4.90 Å². The third-order valence-electron chi connectivity index (χ3n) is 2.41. The second kappa shape index (κ2) is 6.44. The standard InChI is InChI=1S/C10H17NO5/c1-11(6-10(13)14)9(12)7-16-8-2-4-15-5-3-8/h8H,2-7H2,1H3,(H,13,14). The number of amides is 1. The third-order valence-corrected chi connectivity index (χ3v) is 2.41. The maximum atomic E-state index is 11.4. The highest BCUT2D eigenvalue weighted by Crippen LogP contribution is 2.10. The molecule has 1 heterocycles. The summed E-state index contributed by atoms with van der Waals surface area (Å²) in [5, 5.41) is 8.50. The van der Waals surface area contributed by atoms with E-state index in [2.05, 4.69) is 0 Å². The number of carboxylic acid groups (broad SMARTS) is 1. The summed E-state index contributed by atoms with van der Waals surface area (Å²) in [5.74, 6) is -1.34. The molecule has 0 bridgehead atoms. The van der Waals surface area contributed by atoms with E-state index in [9.17, 15) is 9.59 Å². The number of carbonyl (C=O) groups excluding carboxylic acids is 1. The number of carbonyl (C=O) groups is 2. The minimum Gasteiger partial charge on any atom is -0.480 e. The van der Waals surface area contributed by atoms with E-state index in [1.807, 2.05) is 0 Å². The van der Waals surface area contributed by atoms with Crippen LogP contribution in [-0.2, 0) is 19.1 Å². The maximum absolute atomic E-state index is 11.4. The first-order valence-corrected chi connectivity index (χ1v) is 5.24. The molecule has 1 saturated heterocycles. The Morgan fingerprint density at radius 2 is 2.06 bits per heavy atom. The number of rotatable bonds is 5. The molecular formula is C10H17NO5. The van der Waals surface area contributed by atoms with Crippen LogP contribution in [0.3, 0.4) is 0 Å². The Kier molecular flexibility index (Phi) is 5.21. The van der Waals surface area contributed by atoms with Crippen LogP contribution in [0.2, 0.25) is 0 Å². The molecule has 0 aliphatic carbocycles. The molecule has 1 N–H and O–H groups in total. The SMILES string of the molecule is CN(CC(=O)O)C(=O)COC1CCOCC1. The van der Waals surface area contributed by atoms with Gasteiger partial charge in [-0.1, -0.05) is 0 Å². The zero-order valence-corrected chi connectivity index (χ0v) is 9.35. The Hall–Kier alpha value is -1.14. The summed E-state index contributed by atoms with van der Waals surface area (Å²) in [5.41, 5.74) is 0. The molecular weight excluding hydrogens is 214 g/mol. The van der Waals surface area contributed by atoms with Crippen LogP contribution in [0, 0.1) is 0 Å². The highest BCUT2D eigenvalue weighted by molar-refractivity contribution is 5.81. The number of carboxylic acids is 1. The van der Waals surface area contributed by atoms with Gasteiger partial charge in [0.1, 0.15) is 13.2 Å². The van der Waals surface area contributed by atoms with Crippen molar-refractivity contribution in [3.05, 3.63) is 0 Å². The number of likely N-dealkylation sites (N-methyl/N-ethyl adjacent to an activating group) is 1. The van der Waals surface area contributed by atoms with Crippen molar-refractivity contribution in [2.45, 2.75) is 18.9 Å². The molecule has 0 atom stereocenters. The molecule has 0 saturated carbocycles. The zero-order chi connectivity index (χ0) is 12.0. The van der Waals surface area contributed by atoms with Crippen molar-refractivity contribution >= 4 is 11.9 Å². The summed E-state index contributed by atoms with van der Waals surface area (Å²) in [6, 6.07) is 0. The second-order valence-corrected chi connectivity index (χ2v) is 3.77. The number of ether oxygens (including phenoxy) is 2. The third kappa shape index (κ3) is 4.59. The summed E-state index contributed by atoms with van der Waals surface area (Å²) in [6.45, 7) is 0.956. The zero-order valence-electron chi connectivity index (χ0n) is 9.35. The minimum atomic E-state index is -1.03. The molecule has 1 aliphatic rings. The molecule has 16 heavy (non-hydrogen) atoms. The van der Waals surface area contributed by atoms with Gasteiger partial charge in [0, 0.05) is 20.3 Å². The fraction of sp³-hybridized carbons (Fsp3) is 0.800. The van der Waals surface area contributed by atoms with Gasteiger partial charge in [-0.05, 0) is 12.8 Å². The quantitative estimate of drug-likeness (QED) is 0.704. The summed E-state index contributed by atoms with van der Waals surface area (Å²) in [7, 11) is 1.45. The van der Waals surface area contributed by atoms with E-state index >= 15 is 0 Å². The Labute approximate surface area is 94.1 Å². The van der Waals surface area contributed by atoms with Gasteiger partial charge in [0.25, 0.3) is 0 Å². The monoisotopic (exact) mass is 231 g/mol. The smallest absolute Gasteiger partial charge is 0.323 e. The predicted molar refractivity (Wildman–Crippen MR) is 55.1 cm³/mol. The predicted octanol–water partition coefficient (Wildman–Crippen LogP) is -0.275. The maximum Gasteiger partial charge on any atom is 0.323 e. The molecule has 0 aromatic carbocycles. The lowest BCUT2D eigenvalue weighted by Gasteiger charge is -2.23. The minimum absolute atomic E-state index is 0.0518. The first-order valence-electron chi connectivity index (χ1n) is 5.24. The van der Waals surface area contributed by atoms with Crippen molar-refractivity contribution in [3.63, 3.8) is 0 Å². The molecule has 0 radical (unpaired) electrons. The van der Waals surface area contributed by atoms with E-state index < -0.39 is 5.97 Å². The lowest BCUT2D eigenvalue weighted by atomic mass is 10.1. The number of hydrogen-bond acceptors (Lipinski definition) is 4. The largest absolute Gasteiger partial charge is 0.480 e. The molecule has 1 aliphatic heterocycles. The average Bonchev–Trinajstić information content (AvgIpc) is 2.26. The molecule has 0 spiro atoms. The van der Waals surface area contributed by atoms with Gasteiger partial charge < -0.3 is 19.5 Å². The lowest BCUT2D eigenvalue weighted by molar-refractivity contribution is -0.147. The summed E-state index contributed by atoms with van der Waals surface area (Å²) < 4.78 is 10.5. The van der Waals surface area contributed by atoms with Crippen LogP contribution in [0.4, 0.5) is 0 Å². The van der Waals surface area contributed by atoms with Gasteiger partial charge >= 0.3 is 5.97 Å². The summed E-state index contributed by atoms with van der Waals surface area (Å²) >= 11 is 0. The van der Waals surface area contributed by atoms with Crippen LogP contribution in [0.1, 0.15) is 12.8 Å². The molecule has 1 rings (SSSR count). The Morgan fingerprint density at radius 3 is 2.62 bits per heavy atom. The van der Waals surface area contributed by atoms with Crippen molar-refractivity contribution in [1.29, 1.82) is 0 Å². The number of nitrogens with zero attached hydrogens (tertiary/aromatic N) is 1. The van der Waals surface area contributed by atoms with E-state index in [0.717, 1.165) is 17.7 Å². The van der Waals surface area contributed by atoms with Crippen LogP contribution in [-0.4, -0.2) is 61.4 Å². The highest BCUT2D eigenvalue weighted by atomic mass is 16.5. The van der Waals surface area contributed by atoms with Gasteiger partial charge in [0.2, 0.25) is 5.91 Å². The number of aliphatic carboxylic acids is 1. The van der Waals surface area contributed by atoms with Crippen molar-refractivity contribution < 1.29 is 24.2 Å². The normalized spacial score (nSPS) is 17.1. The van der Waals surface area contributed by atoms with E-state index in [4.69, 9.17) is 14.6 Å². The summed E-state index contributed by atoms with van der Waals surface area (Å²) in [6.07, 6.45) is 1.63. The molecule has 92 valence electrons. The van der Waals surface area contributed by atoms with Crippen molar-refractivity contribution in [2.24, 2.45) is 0 Å². The van der Waals surface area contributed by atoms with Crippen molar-refractivity contribution in [3.8, 4) is 0 Å². The Balaban J connectivity index is 2.20. The van der Waals surface area contributed by atoms with Gasteiger partial charge in [-0.3, -0.25) is 9.59 Å². The molecule has 0 unspecified atom stereocenters. The van der Waals surface area contributed by atoms with E-state index in [1.165, 1.54) is 7.05 Å². The molecule has 1 amide bonds. The fourth-order valence-electron chi connectivity index (χ4n) is 1.43. The van der Waals surface area contributed by atoms with Crippen molar-refractivity contribution in [2.75, 3.05) is 33.4 Å². The molecule has 6 nitrogen and oxygen atoms in total. The molecule has 0 aromatic heterocycles. The van der Waals surface area contributed by atoms with Crippen LogP contribution in [0.15, 0.2) is 0 Å². The second-order valence-electron chi connectivity index (χ2n) is 3.77. The fourth-order valence-corrected chi connectivity index (χ4v) is 1.43. The van der Waals surface area contributed by atoms with Crippen LogP contribution < -0.4 is 0 Å². The van der Waals surface area contributed by atoms with Crippen LogP contribution in [0.25, 0.3) is 0 Å².